The number of hydrogen-bond acceptors (Lipinski definition) is 5. The number of ether oxygens (including phenoxy) is 2. The van der Waals surface area contributed by atoms with Gasteiger partial charge in [-0.15, -0.1) is 0 Å². The van der Waals surface area contributed by atoms with Crippen molar-refractivity contribution in [3.8, 4) is 11.5 Å². The first-order valence-electron chi connectivity index (χ1n) is 8.21. The van der Waals surface area contributed by atoms with E-state index in [9.17, 15) is 14.9 Å². The van der Waals surface area contributed by atoms with E-state index >= 15 is 0 Å². The van der Waals surface area contributed by atoms with E-state index in [0.717, 1.165) is 19.3 Å². The van der Waals surface area contributed by atoms with Crippen molar-refractivity contribution >= 4 is 11.6 Å². The molecule has 1 aliphatic rings. The molecule has 0 spiro atoms. The van der Waals surface area contributed by atoms with Crippen LogP contribution in [0, 0.1) is 16.0 Å². The largest absolute Gasteiger partial charge is 0.496 e. The fourth-order valence-corrected chi connectivity index (χ4v) is 2.94. The van der Waals surface area contributed by atoms with Gasteiger partial charge in [0.05, 0.1) is 18.1 Å². The van der Waals surface area contributed by atoms with E-state index in [1.807, 2.05) is 0 Å². The Labute approximate surface area is 141 Å². The van der Waals surface area contributed by atoms with Gasteiger partial charge in [0.2, 0.25) is 0 Å². The van der Waals surface area contributed by atoms with Crippen LogP contribution < -0.4 is 14.8 Å². The zero-order chi connectivity index (χ0) is 17.7. The third-order valence-corrected chi connectivity index (χ3v) is 4.47. The minimum absolute atomic E-state index is 0.0557. The summed E-state index contributed by atoms with van der Waals surface area (Å²) < 4.78 is 10.5. The number of nitrogens with one attached hydrogen (secondary N) is 1. The van der Waals surface area contributed by atoms with Crippen LogP contribution >= 0.6 is 0 Å². The number of methoxy groups -OCH3 is 1. The average Bonchev–Trinajstić information content (AvgIpc) is 2.57. The summed E-state index contributed by atoms with van der Waals surface area (Å²) in [6.07, 6.45) is 3.55. The fourth-order valence-electron chi connectivity index (χ4n) is 2.94. The first kappa shape index (κ1) is 18.0. The summed E-state index contributed by atoms with van der Waals surface area (Å²) in [5.41, 5.74) is -0.222. The molecule has 132 valence electrons. The van der Waals surface area contributed by atoms with Crippen LogP contribution in [0.25, 0.3) is 0 Å². The molecule has 0 saturated heterocycles. The lowest BCUT2D eigenvalue weighted by Crippen LogP contribution is -2.46. The molecule has 0 radical (unpaired) electrons. The summed E-state index contributed by atoms with van der Waals surface area (Å²) in [4.78, 5) is 23.0. The van der Waals surface area contributed by atoms with Crippen molar-refractivity contribution in [3.05, 3.63) is 28.3 Å². The van der Waals surface area contributed by atoms with Crippen molar-refractivity contribution in [2.45, 2.75) is 51.7 Å². The van der Waals surface area contributed by atoms with Crippen molar-refractivity contribution in [1.29, 1.82) is 0 Å². The first-order valence-corrected chi connectivity index (χ1v) is 8.21. The van der Waals surface area contributed by atoms with Gasteiger partial charge in [-0.2, -0.15) is 0 Å². The van der Waals surface area contributed by atoms with Crippen molar-refractivity contribution < 1.29 is 19.2 Å². The normalized spacial score (nSPS) is 21.6. The molecule has 1 aromatic rings. The SMILES string of the molecule is COc1ccc(O[C@H](C)C(=O)N[C@@H]2CCCC[C@@H]2C)c([N+](=O)[O-])c1. The van der Waals surface area contributed by atoms with Crippen LogP contribution in [0.15, 0.2) is 18.2 Å². The van der Waals surface area contributed by atoms with Gasteiger partial charge in [0.1, 0.15) is 5.75 Å². The number of nitro benzene ring substituents is 1. The number of hydrogen-bond donors (Lipinski definition) is 1. The molecule has 24 heavy (non-hydrogen) atoms. The summed E-state index contributed by atoms with van der Waals surface area (Å²) in [5, 5.41) is 14.2. The molecule has 7 heteroatoms. The number of benzene rings is 1. The molecule has 1 amide bonds. The van der Waals surface area contributed by atoms with Crippen molar-refractivity contribution in [1.82, 2.24) is 5.32 Å². The Morgan fingerprint density at radius 2 is 2.08 bits per heavy atom. The maximum Gasteiger partial charge on any atom is 0.314 e. The van der Waals surface area contributed by atoms with Crippen LogP contribution in [0.3, 0.4) is 0 Å². The Hall–Kier alpha value is -2.31. The van der Waals surface area contributed by atoms with Gasteiger partial charge in [-0.05, 0) is 37.8 Å². The lowest BCUT2D eigenvalue weighted by Gasteiger charge is -2.30. The molecular formula is C17H24N2O5. The number of rotatable bonds is 6. The van der Waals surface area contributed by atoms with Crippen molar-refractivity contribution in [2.24, 2.45) is 5.92 Å². The third kappa shape index (κ3) is 4.37. The molecule has 1 aliphatic carbocycles. The second kappa shape index (κ2) is 7.99. The van der Waals surface area contributed by atoms with Crippen LogP contribution in [-0.4, -0.2) is 30.1 Å². The van der Waals surface area contributed by atoms with E-state index in [-0.39, 0.29) is 23.4 Å². The summed E-state index contributed by atoms with van der Waals surface area (Å²) in [7, 11) is 1.43. The maximum atomic E-state index is 12.3. The Kier molecular flexibility index (Phi) is 6.00. The molecule has 0 heterocycles. The zero-order valence-electron chi connectivity index (χ0n) is 14.3. The number of carbonyl (C=O) groups is 1. The summed E-state index contributed by atoms with van der Waals surface area (Å²) >= 11 is 0. The highest BCUT2D eigenvalue weighted by molar-refractivity contribution is 5.81. The molecule has 0 unspecified atom stereocenters. The van der Waals surface area contributed by atoms with Gasteiger partial charge < -0.3 is 14.8 Å². The Bertz CT molecular complexity index is 605. The highest BCUT2D eigenvalue weighted by Gasteiger charge is 2.27. The Morgan fingerprint density at radius 1 is 1.38 bits per heavy atom. The summed E-state index contributed by atoms with van der Waals surface area (Å²) in [5.74, 6) is 0.603. The van der Waals surface area contributed by atoms with Crippen LogP contribution in [-0.2, 0) is 4.79 Å². The minimum atomic E-state index is -0.814. The number of carbonyl (C=O) groups excluding carboxylic acids is 1. The Balaban J connectivity index is 2.04. The quantitative estimate of drug-likeness (QED) is 0.637. The molecule has 2 rings (SSSR count). The van der Waals surface area contributed by atoms with Gasteiger partial charge in [-0.3, -0.25) is 14.9 Å². The van der Waals surface area contributed by atoms with Crippen molar-refractivity contribution in [2.75, 3.05) is 7.11 Å². The Morgan fingerprint density at radius 3 is 2.71 bits per heavy atom. The summed E-state index contributed by atoms with van der Waals surface area (Å²) in [6, 6.07) is 4.44. The van der Waals surface area contributed by atoms with E-state index in [4.69, 9.17) is 9.47 Å². The van der Waals surface area contributed by atoms with Gasteiger partial charge in [-0.25, -0.2) is 0 Å². The maximum absolute atomic E-state index is 12.3. The highest BCUT2D eigenvalue weighted by Crippen LogP contribution is 2.32. The van der Waals surface area contributed by atoms with E-state index in [0.29, 0.717) is 11.7 Å². The van der Waals surface area contributed by atoms with E-state index < -0.39 is 11.0 Å². The molecule has 0 aromatic heterocycles. The predicted octanol–water partition coefficient (Wildman–Crippen LogP) is 3.07. The lowest BCUT2D eigenvalue weighted by molar-refractivity contribution is -0.386. The molecular weight excluding hydrogens is 312 g/mol. The third-order valence-electron chi connectivity index (χ3n) is 4.47. The van der Waals surface area contributed by atoms with Crippen LogP contribution in [0.5, 0.6) is 11.5 Å². The average molecular weight is 336 g/mol. The van der Waals surface area contributed by atoms with E-state index in [1.54, 1.807) is 13.0 Å². The lowest BCUT2D eigenvalue weighted by atomic mass is 9.86. The molecule has 1 fully saturated rings. The monoisotopic (exact) mass is 336 g/mol. The van der Waals surface area contributed by atoms with Gasteiger partial charge in [0.25, 0.3) is 5.91 Å². The highest BCUT2D eigenvalue weighted by atomic mass is 16.6. The molecule has 1 aromatic carbocycles. The second-order valence-corrected chi connectivity index (χ2v) is 6.23. The van der Waals surface area contributed by atoms with Gasteiger partial charge in [0, 0.05) is 6.04 Å². The summed E-state index contributed by atoms with van der Waals surface area (Å²) in [6.45, 7) is 3.72. The van der Waals surface area contributed by atoms with Gasteiger partial charge >= 0.3 is 5.69 Å². The molecule has 3 atom stereocenters. The minimum Gasteiger partial charge on any atom is -0.496 e. The standard InChI is InChI=1S/C17H24N2O5/c1-11-6-4-5-7-14(11)18-17(20)12(2)24-16-9-8-13(23-3)10-15(16)19(21)22/h8-12,14H,4-7H2,1-3H3,(H,18,20)/t11-,12+,14+/m0/s1. The molecule has 1 saturated carbocycles. The van der Waals surface area contributed by atoms with Crippen LogP contribution in [0.4, 0.5) is 5.69 Å². The van der Waals surface area contributed by atoms with E-state index in [1.165, 1.54) is 25.7 Å². The molecule has 7 nitrogen and oxygen atoms in total. The topological polar surface area (TPSA) is 90.7 Å². The number of amides is 1. The van der Waals surface area contributed by atoms with Crippen LogP contribution in [0.1, 0.15) is 39.5 Å². The smallest absolute Gasteiger partial charge is 0.314 e. The van der Waals surface area contributed by atoms with Crippen LogP contribution in [0.2, 0.25) is 0 Å². The predicted molar refractivity (Wildman–Crippen MR) is 89.3 cm³/mol. The molecule has 1 N–H and O–H groups in total. The molecule has 0 bridgehead atoms. The fraction of sp³-hybridized carbons (Fsp3) is 0.588. The second-order valence-electron chi connectivity index (χ2n) is 6.23. The van der Waals surface area contributed by atoms with Gasteiger partial charge in [0.15, 0.2) is 11.9 Å². The van der Waals surface area contributed by atoms with Gasteiger partial charge in [-0.1, -0.05) is 19.8 Å². The number of nitro groups is 1. The first-order chi connectivity index (χ1) is 11.4. The number of nitrogens with zero attached hydrogens (tertiary/aromatic N) is 1. The van der Waals surface area contributed by atoms with Crippen molar-refractivity contribution in [3.63, 3.8) is 0 Å². The van der Waals surface area contributed by atoms with E-state index in [2.05, 4.69) is 12.2 Å². The molecule has 0 aliphatic heterocycles. The zero-order valence-corrected chi connectivity index (χ0v) is 14.3.